The standard InChI is InChI=1S/C13H14BrF3N2O2/c14-9-3-8(13(15,16)17)4-10(5-9)19-12(20)6-11-7-18-1-2-21-11/h3-5,11,18H,1-2,6-7H2,(H,19,20). The van der Waals surface area contributed by atoms with E-state index in [1.165, 1.54) is 6.07 Å². The Kier molecular flexibility index (Phi) is 5.23. The first-order valence-corrected chi connectivity index (χ1v) is 7.14. The Balaban J connectivity index is 2.01. The lowest BCUT2D eigenvalue weighted by atomic mass is 10.1. The number of anilines is 1. The van der Waals surface area contributed by atoms with Crippen LogP contribution < -0.4 is 10.6 Å². The maximum Gasteiger partial charge on any atom is 0.416 e. The van der Waals surface area contributed by atoms with Crippen molar-refractivity contribution in [3.05, 3.63) is 28.2 Å². The van der Waals surface area contributed by atoms with Crippen LogP contribution in [0.2, 0.25) is 0 Å². The van der Waals surface area contributed by atoms with Crippen molar-refractivity contribution in [2.75, 3.05) is 25.0 Å². The van der Waals surface area contributed by atoms with Gasteiger partial charge >= 0.3 is 6.18 Å². The maximum atomic E-state index is 12.7. The van der Waals surface area contributed by atoms with Crippen molar-refractivity contribution >= 4 is 27.5 Å². The van der Waals surface area contributed by atoms with E-state index < -0.39 is 11.7 Å². The number of benzene rings is 1. The highest BCUT2D eigenvalue weighted by molar-refractivity contribution is 9.10. The van der Waals surface area contributed by atoms with Crippen LogP contribution in [-0.2, 0) is 15.7 Å². The molecule has 8 heteroatoms. The van der Waals surface area contributed by atoms with Crippen LogP contribution in [0.4, 0.5) is 18.9 Å². The molecule has 0 aliphatic carbocycles. The molecule has 1 amide bonds. The van der Waals surface area contributed by atoms with Crippen LogP contribution in [0, 0.1) is 0 Å². The van der Waals surface area contributed by atoms with E-state index in [1.807, 2.05) is 0 Å². The molecule has 1 heterocycles. The molecule has 0 spiro atoms. The molecular weight excluding hydrogens is 353 g/mol. The number of amides is 1. The predicted octanol–water partition coefficient (Wildman–Crippen LogP) is 2.78. The average molecular weight is 367 g/mol. The molecule has 0 aromatic heterocycles. The molecule has 1 saturated heterocycles. The highest BCUT2D eigenvalue weighted by Gasteiger charge is 2.31. The second kappa shape index (κ2) is 6.76. The molecule has 116 valence electrons. The Labute approximate surface area is 128 Å². The third-order valence-corrected chi connectivity index (χ3v) is 3.38. The van der Waals surface area contributed by atoms with Gasteiger partial charge in [-0.3, -0.25) is 4.79 Å². The number of halogens is 4. The van der Waals surface area contributed by atoms with Gasteiger partial charge in [-0.15, -0.1) is 0 Å². The summed E-state index contributed by atoms with van der Waals surface area (Å²) in [6.45, 7) is 1.81. The van der Waals surface area contributed by atoms with Gasteiger partial charge in [0.15, 0.2) is 0 Å². The van der Waals surface area contributed by atoms with Crippen LogP contribution in [0.1, 0.15) is 12.0 Å². The van der Waals surface area contributed by atoms with E-state index in [1.54, 1.807) is 0 Å². The van der Waals surface area contributed by atoms with Gasteiger partial charge in [0, 0.05) is 23.2 Å². The van der Waals surface area contributed by atoms with Crippen LogP contribution in [0.5, 0.6) is 0 Å². The number of carbonyl (C=O) groups excluding carboxylic acids is 1. The number of alkyl halides is 3. The minimum atomic E-state index is -4.46. The summed E-state index contributed by atoms with van der Waals surface area (Å²) in [5.74, 6) is -0.380. The zero-order chi connectivity index (χ0) is 15.5. The number of hydrogen-bond acceptors (Lipinski definition) is 3. The number of carbonyl (C=O) groups is 1. The smallest absolute Gasteiger partial charge is 0.375 e. The van der Waals surface area contributed by atoms with Gasteiger partial charge in [0.05, 0.1) is 24.7 Å². The highest BCUT2D eigenvalue weighted by atomic mass is 79.9. The van der Waals surface area contributed by atoms with Crippen LogP contribution in [-0.4, -0.2) is 31.7 Å². The summed E-state index contributed by atoms with van der Waals surface area (Å²) >= 11 is 3.01. The van der Waals surface area contributed by atoms with Crippen LogP contribution in [0.15, 0.2) is 22.7 Å². The molecule has 0 bridgehead atoms. The Bertz CT molecular complexity index is 517. The molecule has 1 aromatic carbocycles. The topological polar surface area (TPSA) is 50.4 Å². The maximum absolute atomic E-state index is 12.7. The Morgan fingerprint density at radius 3 is 2.81 bits per heavy atom. The largest absolute Gasteiger partial charge is 0.416 e. The SMILES string of the molecule is O=C(CC1CNCCO1)Nc1cc(Br)cc(C(F)(F)F)c1. The number of nitrogens with one attached hydrogen (secondary N) is 2. The number of rotatable bonds is 3. The number of hydrogen-bond donors (Lipinski definition) is 2. The van der Waals surface area contributed by atoms with E-state index >= 15 is 0 Å². The third-order valence-electron chi connectivity index (χ3n) is 2.93. The highest BCUT2D eigenvalue weighted by Crippen LogP contribution is 2.33. The van der Waals surface area contributed by atoms with E-state index in [0.29, 0.717) is 13.2 Å². The fraction of sp³-hybridized carbons (Fsp3) is 0.462. The molecular formula is C13H14BrF3N2O2. The predicted molar refractivity (Wildman–Crippen MR) is 75.0 cm³/mol. The van der Waals surface area contributed by atoms with Gasteiger partial charge < -0.3 is 15.4 Å². The van der Waals surface area contributed by atoms with Gasteiger partial charge in [-0.1, -0.05) is 15.9 Å². The van der Waals surface area contributed by atoms with Gasteiger partial charge in [-0.25, -0.2) is 0 Å². The van der Waals surface area contributed by atoms with E-state index in [-0.39, 0.29) is 28.6 Å². The average Bonchev–Trinajstić information content (AvgIpc) is 2.37. The molecule has 0 radical (unpaired) electrons. The van der Waals surface area contributed by atoms with Crippen LogP contribution >= 0.6 is 15.9 Å². The van der Waals surface area contributed by atoms with Crippen LogP contribution in [0.25, 0.3) is 0 Å². The van der Waals surface area contributed by atoms with Crippen molar-refractivity contribution in [2.45, 2.75) is 18.7 Å². The first-order valence-electron chi connectivity index (χ1n) is 6.34. The lowest BCUT2D eigenvalue weighted by Crippen LogP contribution is -2.40. The second-order valence-electron chi connectivity index (χ2n) is 4.68. The van der Waals surface area contributed by atoms with Crippen molar-refractivity contribution in [3.8, 4) is 0 Å². The Morgan fingerprint density at radius 2 is 2.19 bits per heavy atom. The third kappa shape index (κ3) is 4.98. The van der Waals surface area contributed by atoms with Gasteiger partial charge in [-0.05, 0) is 18.2 Å². The monoisotopic (exact) mass is 366 g/mol. The summed E-state index contributed by atoms with van der Waals surface area (Å²) in [6.07, 6.45) is -4.62. The molecule has 2 rings (SSSR count). The summed E-state index contributed by atoms with van der Waals surface area (Å²) in [5, 5.41) is 5.55. The molecule has 0 saturated carbocycles. The summed E-state index contributed by atoms with van der Waals surface area (Å²) in [7, 11) is 0. The summed E-state index contributed by atoms with van der Waals surface area (Å²) in [4.78, 5) is 11.8. The molecule has 1 aromatic rings. The molecule has 2 N–H and O–H groups in total. The molecule has 1 aliphatic rings. The van der Waals surface area contributed by atoms with Crippen molar-refractivity contribution in [2.24, 2.45) is 0 Å². The number of ether oxygens (including phenoxy) is 1. The van der Waals surface area contributed by atoms with Crippen molar-refractivity contribution in [1.29, 1.82) is 0 Å². The Morgan fingerprint density at radius 1 is 1.43 bits per heavy atom. The van der Waals surface area contributed by atoms with Gasteiger partial charge in [-0.2, -0.15) is 13.2 Å². The minimum Gasteiger partial charge on any atom is -0.375 e. The molecule has 4 nitrogen and oxygen atoms in total. The number of morpholine rings is 1. The fourth-order valence-corrected chi connectivity index (χ4v) is 2.49. The van der Waals surface area contributed by atoms with E-state index in [9.17, 15) is 18.0 Å². The molecule has 1 fully saturated rings. The van der Waals surface area contributed by atoms with Gasteiger partial charge in [0.1, 0.15) is 0 Å². The molecule has 1 atom stereocenters. The molecule has 1 unspecified atom stereocenters. The zero-order valence-corrected chi connectivity index (χ0v) is 12.6. The fourth-order valence-electron chi connectivity index (χ4n) is 2.00. The van der Waals surface area contributed by atoms with E-state index in [0.717, 1.165) is 18.7 Å². The van der Waals surface area contributed by atoms with Crippen molar-refractivity contribution in [3.63, 3.8) is 0 Å². The lowest BCUT2D eigenvalue weighted by Gasteiger charge is -2.23. The normalized spacial score (nSPS) is 19.3. The Hall–Kier alpha value is -1.12. The molecule has 1 aliphatic heterocycles. The van der Waals surface area contributed by atoms with Gasteiger partial charge in [0.2, 0.25) is 5.91 Å². The zero-order valence-electron chi connectivity index (χ0n) is 11.0. The van der Waals surface area contributed by atoms with Crippen LogP contribution in [0.3, 0.4) is 0 Å². The minimum absolute atomic E-state index is 0.0981. The van der Waals surface area contributed by atoms with E-state index in [4.69, 9.17) is 4.74 Å². The van der Waals surface area contributed by atoms with Gasteiger partial charge in [0.25, 0.3) is 0 Å². The molecule has 21 heavy (non-hydrogen) atoms. The van der Waals surface area contributed by atoms with Crippen molar-refractivity contribution < 1.29 is 22.7 Å². The quantitative estimate of drug-likeness (QED) is 0.864. The van der Waals surface area contributed by atoms with Crippen molar-refractivity contribution in [1.82, 2.24) is 5.32 Å². The summed E-state index contributed by atoms with van der Waals surface area (Å²) < 4.78 is 43.7. The summed E-state index contributed by atoms with van der Waals surface area (Å²) in [6, 6.07) is 3.29. The first kappa shape index (κ1) is 16.3. The lowest BCUT2D eigenvalue weighted by molar-refractivity contribution is -0.137. The second-order valence-corrected chi connectivity index (χ2v) is 5.59. The first-order chi connectivity index (χ1) is 9.84. The van der Waals surface area contributed by atoms with E-state index in [2.05, 4.69) is 26.6 Å². The summed E-state index contributed by atoms with van der Waals surface area (Å²) in [5.41, 5.74) is -0.715.